The van der Waals surface area contributed by atoms with Crippen LogP contribution in [-0.2, 0) is 44.9 Å². The summed E-state index contributed by atoms with van der Waals surface area (Å²) in [6.45, 7) is 4.91. The molecule has 6 unspecified atom stereocenters. The number of phenolic OH excluding ortho intramolecular Hbond substituents is 1. The standard InChI is InChI=1S/C55H83N7O16/c1-5-31(2)17-13-10-8-6-7-9-11-16-20-42(68)56-38-26-41(67)53(78-30-34-18-14-12-15-19-34)60-52(75)45-46(69)32(3)27-62(45)54(76)39(29-63)57-51(74)44(48(71)47(70)35-21-23-36(65)24-22-35)59-50(73)40-25-37(66)28-61(40)55(77)43(33(4)64)58-49(38)72/h12,14-15,18-19,21-24,31-33,37-41,43-48,53,63-67,69-71H,5-11,13,16-17,20,25-30H2,1-4H3,(H,56,68)(H,57,74)(H,58,72)(H,59,73)(H,60,75)/t31?,32-,33?,37+,38+,39?,40-,41+,43?,44?,45-,46-,47+,48+,53?/m0/s1. The average Bonchev–Trinajstić information content (AvgIpc) is 4.01. The van der Waals surface area contributed by atoms with Gasteiger partial charge in [0.15, 0.2) is 6.23 Å². The van der Waals surface area contributed by atoms with E-state index in [-0.39, 0.29) is 30.9 Å². The molecule has 78 heavy (non-hydrogen) atoms. The maximum absolute atomic E-state index is 14.5. The highest BCUT2D eigenvalue weighted by molar-refractivity contribution is 5.98. The van der Waals surface area contributed by atoms with Gasteiger partial charge in [-0.3, -0.25) is 33.6 Å². The quantitative estimate of drug-likeness (QED) is 0.0710. The van der Waals surface area contributed by atoms with Gasteiger partial charge in [-0.05, 0) is 42.5 Å². The van der Waals surface area contributed by atoms with Crippen LogP contribution in [0.15, 0.2) is 54.6 Å². The molecule has 7 amide bonds. The molecule has 3 aliphatic heterocycles. The molecule has 23 heteroatoms. The lowest BCUT2D eigenvalue weighted by Gasteiger charge is -2.33. The lowest BCUT2D eigenvalue weighted by molar-refractivity contribution is -0.149. The van der Waals surface area contributed by atoms with Crippen molar-refractivity contribution in [1.82, 2.24) is 36.4 Å². The minimum Gasteiger partial charge on any atom is -0.508 e. The second-order valence-corrected chi connectivity index (χ2v) is 21.3. The predicted molar refractivity (Wildman–Crippen MR) is 282 cm³/mol. The Bertz CT molecular complexity index is 2280. The topological polar surface area (TPSA) is 357 Å². The fourth-order valence-corrected chi connectivity index (χ4v) is 10.1. The molecule has 15 atom stereocenters. The van der Waals surface area contributed by atoms with Gasteiger partial charge < -0.3 is 82.0 Å². The lowest BCUT2D eigenvalue weighted by atomic mass is 9.97. The molecule has 434 valence electrons. The summed E-state index contributed by atoms with van der Waals surface area (Å²) in [5.74, 6) is -7.86. The Morgan fingerprint density at radius 1 is 0.731 bits per heavy atom. The zero-order valence-electron chi connectivity index (χ0n) is 45.1. The number of hydrogen-bond donors (Lipinski definition) is 13. The molecule has 0 bridgehead atoms. The van der Waals surface area contributed by atoms with Crippen LogP contribution in [0.3, 0.4) is 0 Å². The van der Waals surface area contributed by atoms with Crippen molar-refractivity contribution in [1.29, 1.82) is 0 Å². The predicted octanol–water partition coefficient (Wildman–Crippen LogP) is -0.361. The van der Waals surface area contributed by atoms with Crippen LogP contribution in [0.5, 0.6) is 5.75 Å². The smallest absolute Gasteiger partial charge is 0.248 e. The summed E-state index contributed by atoms with van der Waals surface area (Å²) in [6.07, 6.45) is -3.76. The minimum atomic E-state index is -2.26. The van der Waals surface area contributed by atoms with E-state index in [9.17, 15) is 74.4 Å². The summed E-state index contributed by atoms with van der Waals surface area (Å²) < 4.78 is 6.07. The zero-order valence-corrected chi connectivity index (χ0v) is 45.1. The maximum atomic E-state index is 14.5. The van der Waals surface area contributed by atoms with E-state index < -0.39 is 152 Å². The Labute approximate surface area is 455 Å². The Hall–Kier alpha value is -5.79. The Morgan fingerprint density at radius 2 is 1.36 bits per heavy atom. The molecule has 23 nitrogen and oxygen atoms in total. The molecule has 0 spiro atoms. The molecule has 3 saturated heterocycles. The Morgan fingerprint density at radius 3 is 1.99 bits per heavy atom. The highest BCUT2D eigenvalue weighted by Crippen LogP contribution is 2.28. The van der Waals surface area contributed by atoms with E-state index in [1.165, 1.54) is 44.0 Å². The summed E-state index contributed by atoms with van der Waals surface area (Å²) in [7, 11) is 0. The first-order valence-electron chi connectivity index (χ1n) is 27.4. The van der Waals surface area contributed by atoms with Gasteiger partial charge in [-0.2, -0.15) is 0 Å². The van der Waals surface area contributed by atoms with E-state index >= 15 is 0 Å². The van der Waals surface area contributed by atoms with Crippen LogP contribution in [-0.4, -0.2) is 185 Å². The third kappa shape index (κ3) is 17.6. The number of fused-ring (bicyclic) bond motifs is 2. The van der Waals surface area contributed by atoms with Crippen molar-refractivity contribution >= 4 is 41.4 Å². The molecule has 0 radical (unpaired) electrons. The molecule has 3 fully saturated rings. The Kier molecular flexibility index (Phi) is 24.7. The molecule has 0 saturated carbocycles. The second-order valence-electron chi connectivity index (χ2n) is 21.3. The average molecular weight is 1100 g/mol. The fourth-order valence-electron chi connectivity index (χ4n) is 10.1. The first-order chi connectivity index (χ1) is 37.1. The first-order valence-corrected chi connectivity index (χ1v) is 27.4. The number of carbonyl (C=O) groups excluding carboxylic acids is 7. The number of phenols is 1. The summed E-state index contributed by atoms with van der Waals surface area (Å²) in [5.41, 5.74) is 0.528. The van der Waals surface area contributed by atoms with Crippen molar-refractivity contribution in [2.24, 2.45) is 11.8 Å². The molecule has 3 aliphatic rings. The van der Waals surface area contributed by atoms with E-state index in [0.717, 1.165) is 55.2 Å². The summed E-state index contributed by atoms with van der Waals surface area (Å²) >= 11 is 0. The van der Waals surface area contributed by atoms with E-state index in [1.54, 1.807) is 30.3 Å². The molecule has 0 aliphatic carbocycles. The van der Waals surface area contributed by atoms with E-state index in [0.29, 0.717) is 24.3 Å². The zero-order chi connectivity index (χ0) is 57.2. The van der Waals surface area contributed by atoms with Crippen LogP contribution in [0.25, 0.3) is 0 Å². The first kappa shape index (κ1) is 63.0. The minimum absolute atomic E-state index is 0.0316. The van der Waals surface area contributed by atoms with Gasteiger partial charge in [0.1, 0.15) is 60.3 Å². The van der Waals surface area contributed by atoms with Gasteiger partial charge in [-0.15, -0.1) is 0 Å². The third-order valence-corrected chi connectivity index (χ3v) is 15.0. The van der Waals surface area contributed by atoms with Crippen LogP contribution < -0.4 is 26.6 Å². The van der Waals surface area contributed by atoms with E-state index in [4.69, 9.17) is 4.74 Å². The van der Waals surface area contributed by atoms with Crippen molar-refractivity contribution in [2.75, 3.05) is 19.7 Å². The van der Waals surface area contributed by atoms with Gasteiger partial charge in [0.25, 0.3) is 0 Å². The van der Waals surface area contributed by atoms with Gasteiger partial charge in [0.05, 0.1) is 31.5 Å². The number of aliphatic hydroxyl groups excluding tert-OH is 7. The van der Waals surface area contributed by atoms with Crippen LogP contribution in [0.4, 0.5) is 0 Å². The molecule has 2 aromatic rings. The highest BCUT2D eigenvalue weighted by Gasteiger charge is 2.50. The number of unbranched alkanes of at least 4 members (excludes halogenated alkanes) is 7. The number of nitrogens with zero attached hydrogens (tertiary/aromatic N) is 2. The number of nitrogens with one attached hydrogen (secondary N) is 5. The van der Waals surface area contributed by atoms with Gasteiger partial charge in [-0.1, -0.05) is 121 Å². The highest BCUT2D eigenvalue weighted by atomic mass is 16.5. The summed E-state index contributed by atoms with van der Waals surface area (Å²) in [6, 6.07) is 2.21. The Balaban J connectivity index is 1.50. The molecule has 5 rings (SSSR count). The molecule has 2 aromatic carbocycles. The molecule has 13 N–H and O–H groups in total. The van der Waals surface area contributed by atoms with Crippen molar-refractivity contribution < 1.29 is 79.2 Å². The number of amides is 7. The number of rotatable bonds is 21. The maximum Gasteiger partial charge on any atom is 0.248 e. The lowest BCUT2D eigenvalue weighted by Crippen LogP contribution is -2.63. The van der Waals surface area contributed by atoms with Crippen LogP contribution in [0.2, 0.25) is 0 Å². The molecule has 0 aromatic heterocycles. The van der Waals surface area contributed by atoms with Crippen LogP contribution in [0.1, 0.15) is 128 Å². The number of carbonyl (C=O) groups is 7. The molecular weight excluding hydrogens is 1010 g/mol. The van der Waals surface area contributed by atoms with Gasteiger partial charge in [-0.25, -0.2) is 0 Å². The normalized spacial score (nSPS) is 28.5. The van der Waals surface area contributed by atoms with Crippen LogP contribution in [0, 0.1) is 11.8 Å². The summed E-state index contributed by atoms with van der Waals surface area (Å²) in [5, 5.41) is 101. The van der Waals surface area contributed by atoms with Gasteiger partial charge in [0, 0.05) is 38.3 Å². The number of aromatic hydroxyl groups is 1. The SMILES string of the molecule is CCC(C)CCCCCCCCCCC(=O)N[C@@H]1C[C@@H](O)C(OCc2ccccc2)NC(=O)[C@@H]2[C@@H](O)[C@@H](C)CN2C(=O)C(CO)NC(=O)C([C@@H](O)[C@H](O)c2ccc(O)cc2)NC(=O)[C@@H]2C[C@@H](O)CN2C(=O)C(C(C)O)NC1=O. The van der Waals surface area contributed by atoms with Crippen molar-refractivity contribution in [3.05, 3.63) is 65.7 Å². The largest absolute Gasteiger partial charge is 0.508 e. The number of aliphatic hydroxyl groups is 7. The van der Waals surface area contributed by atoms with Gasteiger partial charge in [0.2, 0.25) is 41.4 Å². The number of ether oxygens (including phenoxy) is 1. The van der Waals surface area contributed by atoms with E-state index in [1.807, 2.05) is 0 Å². The fraction of sp³-hybridized carbons (Fsp3) is 0.655. The third-order valence-electron chi connectivity index (χ3n) is 15.0. The molecular formula is C55H83N7O16. The van der Waals surface area contributed by atoms with Crippen molar-refractivity contribution in [2.45, 2.75) is 197 Å². The summed E-state index contributed by atoms with van der Waals surface area (Å²) in [4.78, 5) is 102. The number of benzene rings is 2. The van der Waals surface area contributed by atoms with Crippen molar-refractivity contribution in [3.8, 4) is 5.75 Å². The molecule has 3 heterocycles. The van der Waals surface area contributed by atoms with Gasteiger partial charge >= 0.3 is 0 Å². The van der Waals surface area contributed by atoms with E-state index in [2.05, 4.69) is 40.4 Å². The van der Waals surface area contributed by atoms with Crippen LogP contribution >= 0.6 is 0 Å². The number of hydrogen-bond acceptors (Lipinski definition) is 16. The second kappa shape index (κ2) is 30.5. The monoisotopic (exact) mass is 1100 g/mol. The van der Waals surface area contributed by atoms with Crippen molar-refractivity contribution in [3.63, 3.8) is 0 Å².